The third-order valence-corrected chi connectivity index (χ3v) is 3.63. The first kappa shape index (κ1) is 14.3. The Morgan fingerprint density at radius 2 is 2.05 bits per heavy atom. The van der Waals surface area contributed by atoms with Gasteiger partial charge in [0.05, 0.1) is 6.61 Å². The summed E-state index contributed by atoms with van der Waals surface area (Å²) in [6.07, 6.45) is 1.61. The molecule has 0 aromatic heterocycles. The molecule has 2 rings (SSSR count). The maximum Gasteiger partial charge on any atom is 0.276 e. The van der Waals surface area contributed by atoms with E-state index in [2.05, 4.69) is 0 Å². The molecule has 106 valence electrons. The summed E-state index contributed by atoms with van der Waals surface area (Å²) in [5.41, 5.74) is 0.936. The number of para-hydroxylation sites is 1. The lowest BCUT2D eigenvalue weighted by atomic mass is 10.1. The van der Waals surface area contributed by atoms with E-state index in [1.165, 1.54) is 4.90 Å². The van der Waals surface area contributed by atoms with E-state index < -0.39 is 0 Å². The number of ether oxygens (including phenoxy) is 1. The first-order chi connectivity index (χ1) is 9.47. The van der Waals surface area contributed by atoms with Crippen LogP contribution in [0, 0.1) is 0 Å². The first-order valence-corrected chi connectivity index (χ1v) is 6.60. The number of phenols is 1. The van der Waals surface area contributed by atoms with Crippen LogP contribution in [0.15, 0.2) is 23.9 Å². The van der Waals surface area contributed by atoms with Gasteiger partial charge in [-0.1, -0.05) is 12.1 Å². The van der Waals surface area contributed by atoms with Gasteiger partial charge in [-0.3, -0.25) is 9.69 Å². The lowest BCUT2D eigenvalue weighted by molar-refractivity contribution is -0.121. The second-order valence-corrected chi connectivity index (χ2v) is 4.73. The van der Waals surface area contributed by atoms with E-state index in [1.807, 2.05) is 6.92 Å². The van der Waals surface area contributed by atoms with E-state index in [9.17, 15) is 9.90 Å². The number of carbonyl (C=O) groups is 1. The van der Waals surface area contributed by atoms with Crippen LogP contribution < -0.4 is 4.74 Å². The van der Waals surface area contributed by atoms with Crippen molar-refractivity contribution in [2.75, 3.05) is 20.7 Å². The Labute approximate surface area is 123 Å². The van der Waals surface area contributed by atoms with Crippen molar-refractivity contribution < 1.29 is 14.6 Å². The number of hydrogen-bond donors (Lipinski definition) is 1. The number of nitrogens with zero attached hydrogens (tertiary/aromatic N) is 2. The lowest BCUT2D eigenvalue weighted by Crippen LogP contribution is -2.26. The van der Waals surface area contributed by atoms with Gasteiger partial charge in [-0.2, -0.15) is 0 Å². The molecule has 0 radical (unpaired) electrons. The van der Waals surface area contributed by atoms with Gasteiger partial charge < -0.3 is 14.7 Å². The van der Waals surface area contributed by atoms with Crippen LogP contribution in [-0.2, 0) is 4.79 Å². The zero-order valence-corrected chi connectivity index (χ0v) is 12.4. The number of amides is 1. The van der Waals surface area contributed by atoms with Gasteiger partial charge in [0, 0.05) is 19.7 Å². The number of thiocarbonyl (C=S) groups is 1. The normalized spacial score (nSPS) is 17.2. The van der Waals surface area contributed by atoms with E-state index in [0.29, 0.717) is 28.7 Å². The molecule has 0 bridgehead atoms. The van der Waals surface area contributed by atoms with Crippen LogP contribution in [0.3, 0.4) is 0 Å². The van der Waals surface area contributed by atoms with E-state index in [-0.39, 0.29) is 11.7 Å². The Hall–Kier alpha value is -2.08. The molecule has 20 heavy (non-hydrogen) atoms. The van der Waals surface area contributed by atoms with E-state index >= 15 is 0 Å². The molecule has 1 aliphatic rings. The van der Waals surface area contributed by atoms with Crippen LogP contribution in [-0.4, -0.2) is 46.6 Å². The minimum absolute atomic E-state index is 0.0171. The summed E-state index contributed by atoms with van der Waals surface area (Å²) in [6.45, 7) is 2.30. The number of aromatic hydroxyl groups is 1. The molecule has 1 fully saturated rings. The van der Waals surface area contributed by atoms with Gasteiger partial charge in [0.25, 0.3) is 5.91 Å². The average Bonchev–Trinajstić information content (AvgIpc) is 2.61. The third-order valence-electron chi connectivity index (χ3n) is 3.08. The molecule has 1 aliphatic heterocycles. The molecule has 1 heterocycles. The minimum atomic E-state index is -0.196. The standard InChI is InChI=1S/C14H16N2O3S/c1-4-19-11-7-5-6-9(12(11)17)8-10-13(18)16(3)14(20)15(10)2/h5-8,17H,4H2,1-3H3/b10-8-. The van der Waals surface area contributed by atoms with Gasteiger partial charge >= 0.3 is 0 Å². The average molecular weight is 292 g/mol. The van der Waals surface area contributed by atoms with Crippen molar-refractivity contribution >= 4 is 29.3 Å². The molecule has 1 N–H and O–H groups in total. The highest BCUT2D eigenvalue weighted by Gasteiger charge is 2.32. The Morgan fingerprint density at radius 3 is 2.60 bits per heavy atom. The van der Waals surface area contributed by atoms with E-state index in [4.69, 9.17) is 17.0 Å². The van der Waals surface area contributed by atoms with Crippen LogP contribution in [0.4, 0.5) is 0 Å². The fraction of sp³-hybridized carbons (Fsp3) is 0.286. The summed E-state index contributed by atoms with van der Waals surface area (Å²) in [5.74, 6) is 0.216. The first-order valence-electron chi connectivity index (χ1n) is 6.19. The highest BCUT2D eigenvalue weighted by molar-refractivity contribution is 7.80. The number of carbonyl (C=O) groups excluding carboxylic acids is 1. The predicted octanol–water partition coefficient (Wildman–Crippen LogP) is 1.82. The van der Waals surface area contributed by atoms with Crippen LogP contribution in [0.25, 0.3) is 6.08 Å². The summed E-state index contributed by atoms with van der Waals surface area (Å²) < 4.78 is 5.32. The van der Waals surface area contributed by atoms with Gasteiger partial charge in [0.1, 0.15) is 5.70 Å². The van der Waals surface area contributed by atoms with Gasteiger partial charge in [-0.25, -0.2) is 0 Å². The largest absolute Gasteiger partial charge is 0.504 e. The Kier molecular flexibility index (Phi) is 3.94. The molecular weight excluding hydrogens is 276 g/mol. The fourth-order valence-corrected chi connectivity index (χ4v) is 2.15. The maximum atomic E-state index is 12.1. The Bertz CT molecular complexity index is 598. The second kappa shape index (κ2) is 5.50. The number of hydrogen-bond acceptors (Lipinski definition) is 4. The summed E-state index contributed by atoms with van der Waals surface area (Å²) in [7, 11) is 3.34. The molecule has 6 heteroatoms. The second-order valence-electron chi connectivity index (χ2n) is 4.36. The maximum absolute atomic E-state index is 12.1. The predicted molar refractivity (Wildman–Crippen MR) is 80.4 cm³/mol. The molecule has 0 saturated carbocycles. The number of rotatable bonds is 3. The van der Waals surface area contributed by atoms with Crippen LogP contribution >= 0.6 is 12.2 Å². The van der Waals surface area contributed by atoms with Gasteiger partial charge in [0.15, 0.2) is 16.6 Å². The molecule has 1 saturated heterocycles. The molecule has 1 amide bonds. The van der Waals surface area contributed by atoms with Crippen molar-refractivity contribution in [2.45, 2.75) is 6.92 Å². The molecular formula is C14H16N2O3S. The Morgan fingerprint density at radius 1 is 1.35 bits per heavy atom. The third kappa shape index (κ3) is 2.34. The molecule has 1 aromatic carbocycles. The summed E-state index contributed by atoms with van der Waals surface area (Å²) in [4.78, 5) is 15.1. The smallest absolute Gasteiger partial charge is 0.276 e. The van der Waals surface area contributed by atoms with Crippen molar-refractivity contribution in [1.82, 2.24) is 9.80 Å². The quantitative estimate of drug-likeness (QED) is 0.680. The monoisotopic (exact) mass is 292 g/mol. The molecule has 0 unspecified atom stereocenters. The lowest BCUT2D eigenvalue weighted by Gasteiger charge is -2.12. The van der Waals surface area contributed by atoms with Gasteiger partial charge in [-0.05, 0) is 31.3 Å². The summed E-state index contributed by atoms with van der Waals surface area (Å²) in [6, 6.07) is 5.16. The van der Waals surface area contributed by atoms with Crippen LogP contribution in [0.1, 0.15) is 12.5 Å². The Balaban J connectivity index is 2.43. The minimum Gasteiger partial charge on any atom is -0.504 e. The molecule has 0 spiro atoms. The van der Waals surface area contributed by atoms with Crippen molar-refractivity contribution in [1.29, 1.82) is 0 Å². The molecule has 0 aliphatic carbocycles. The zero-order chi connectivity index (χ0) is 14.9. The van der Waals surface area contributed by atoms with Crippen molar-refractivity contribution in [3.63, 3.8) is 0 Å². The molecule has 1 aromatic rings. The van der Waals surface area contributed by atoms with Crippen molar-refractivity contribution in [3.8, 4) is 11.5 Å². The molecule has 0 atom stereocenters. The number of phenolic OH excluding ortho intramolecular Hbond substituents is 1. The van der Waals surface area contributed by atoms with Crippen molar-refractivity contribution in [3.05, 3.63) is 29.5 Å². The number of benzene rings is 1. The van der Waals surface area contributed by atoms with Crippen LogP contribution in [0.2, 0.25) is 0 Å². The molecule has 5 nitrogen and oxygen atoms in total. The number of likely N-dealkylation sites (N-methyl/N-ethyl adjacent to an activating group) is 2. The summed E-state index contributed by atoms with van der Waals surface area (Å²) >= 11 is 5.14. The van der Waals surface area contributed by atoms with Gasteiger partial charge in [0.2, 0.25) is 0 Å². The fourth-order valence-electron chi connectivity index (χ4n) is 1.96. The summed E-state index contributed by atoms with van der Waals surface area (Å²) in [5, 5.41) is 10.6. The van der Waals surface area contributed by atoms with E-state index in [0.717, 1.165) is 0 Å². The highest BCUT2D eigenvalue weighted by atomic mass is 32.1. The van der Waals surface area contributed by atoms with Crippen LogP contribution in [0.5, 0.6) is 11.5 Å². The zero-order valence-electron chi connectivity index (χ0n) is 11.6. The highest BCUT2D eigenvalue weighted by Crippen LogP contribution is 2.32. The van der Waals surface area contributed by atoms with E-state index in [1.54, 1.807) is 43.3 Å². The topological polar surface area (TPSA) is 53.0 Å². The SMILES string of the molecule is CCOc1cccc(/C=C2/C(=O)N(C)C(=S)N2C)c1O. The van der Waals surface area contributed by atoms with Gasteiger partial charge in [-0.15, -0.1) is 0 Å². The van der Waals surface area contributed by atoms with Crippen molar-refractivity contribution in [2.24, 2.45) is 0 Å².